The number of aryl methyl sites for hydroxylation is 1. The highest BCUT2D eigenvalue weighted by atomic mass is 16.7. The Morgan fingerprint density at radius 1 is 1.04 bits per heavy atom. The topological polar surface area (TPSA) is 106 Å². The summed E-state index contributed by atoms with van der Waals surface area (Å²) in [4.78, 5) is 26.4. The van der Waals surface area contributed by atoms with Crippen LogP contribution in [0.2, 0.25) is 0 Å². The normalized spacial score (nSPS) is 19.3. The largest absolute Gasteiger partial charge is 0.491 e. The Hall–Kier alpha value is -3.93. The zero-order valence-corrected chi connectivity index (χ0v) is 30.1. The van der Waals surface area contributed by atoms with E-state index < -0.39 is 24.4 Å². The lowest BCUT2D eigenvalue weighted by molar-refractivity contribution is -0.123. The highest BCUT2D eigenvalue weighted by molar-refractivity contribution is 6.56. The van der Waals surface area contributed by atoms with Gasteiger partial charge in [0.2, 0.25) is 5.91 Å². The molecule has 11 heteroatoms. The van der Waals surface area contributed by atoms with Gasteiger partial charge in [-0.1, -0.05) is 43.3 Å². The average molecular weight is 671 g/mol. The maximum absolute atomic E-state index is 11.8. The van der Waals surface area contributed by atoms with Crippen LogP contribution in [0, 0.1) is 0 Å². The molecular formula is C38H51BN4O6. The molecule has 2 fully saturated rings. The number of likely N-dealkylation sites (N-methyl/N-ethyl adjacent to an activating group) is 1. The minimum absolute atomic E-state index is 0.0399. The molecule has 2 aromatic carbocycles. The monoisotopic (exact) mass is 670 g/mol. The summed E-state index contributed by atoms with van der Waals surface area (Å²) < 4.78 is 21.2. The lowest BCUT2D eigenvalue weighted by atomic mass is 9.70. The van der Waals surface area contributed by atoms with E-state index in [0.717, 1.165) is 77.3 Å². The molecule has 2 saturated heterocycles. The number of carbonyl (C=O) groups excluding carboxylic acids is 1. The summed E-state index contributed by atoms with van der Waals surface area (Å²) in [5.74, 6) is -0.174. The summed E-state index contributed by atoms with van der Waals surface area (Å²) in [6.45, 7) is 11.7. The molecule has 1 aromatic heterocycles. The van der Waals surface area contributed by atoms with Gasteiger partial charge >= 0.3 is 13.2 Å². The fourth-order valence-corrected chi connectivity index (χ4v) is 6.35. The summed E-state index contributed by atoms with van der Waals surface area (Å²) in [5.41, 5.74) is 5.49. The van der Waals surface area contributed by atoms with Crippen molar-refractivity contribution in [3.63, 3.8) is 0 Å². The van der Waals surface area contributed by atoms with Crippen LogP contribution in [0.15, 0.2) is 66.3 Å². The molecule has 1 atom stereocenters. The van der Waals surface area contributed by atoms with Crippen molar-refractivity contribution >= 4 is 35.6 Å². The van der Waals surface area contributed by atoms with E-state index in [1.54, 1.807) is 20.2 Å². The fraction of sp³-hybridized carbons (Fsp3) is 0.500. The van der Waals surface area contributed by atoms with Crippen LogP contribution in [0.1, 0.15) is 89.6 Å². The first-order chi connectivity index (χ1) is 23.3. The predicted octanol–water partition coefficient (Wildman–Crippen LogP) is 7.14. The molecule has 3 aromatic rings. The van der Waals surface area contributed by atoms with E-state index in [9.17, 15) is 14.7 Å². The Morgan fingerprint density at radius 3 is 2.35 bits per heavy atom. The van der Waals surface area contributed by atoms with Crippen LogP contribution >= 0.6 is 0 Å². The number of hydrogen-bond donors (Lipinski definition) is 1. The van der Waals surface area contributed by atoms with Gasteiger partial charge in [-0.05, 0) is 106 Å². The molecule has 0 radical (unpaired) electrons. The minimum Gasteiger partial charge on any atom is -0.465 e. The Balaban J connectivity index is 1.41. The highest BCUT2D eigenvalue weighted by Crippen LogP contribution is 2.42. The van der Waals surface area contributed by atoms with Gasteiger partial charge in [0.25, 0.3) is 0 Å². The second-order valence-corrected chi connectivity index (χ2v) is 14.2. The molecule has 0 spiro atoms. The van der Waals surface area contributed by atoms with Gasteiger partial charge in [-0.2, -0.15) is 5.10 Å². The van der Waals surface area contributed by atoms with Gasteiger partial charge in [-0.3, -0.25) is 4.79 Å². The van der Waals surface area contributed by atoms with Gasteiger partial charge in [0.15, 0.2) is 6.23 Å². The van der Waals surface area contributed by atoms with Gasteiger partial charge in [-0.15, -0.1) is 0 Å². The Kier molecular flexibility index (Phi) is 11.4. The van der Waals surface area contributed by atoms with E-state index in [4.69, 9.17) is 19.1 Å². The molecular weight excluding hydrogens is 619 g/mol. The third-order valence-corrected chi connectivity index (χ3v) is 9.99. The molecule has 2 amide bonds. The smallest absolute Gasteiger partial charge is 0.465 e. The maximum atomic E-state index is 11.8. The highest BCUT2D eigenvalue weighted by Gasteiger charge is 2.52. The lowest BCUT2D eigenvalue weighted by Gasteiger charge is -2.32. The molecule has 10 nitrogen and oxygen atoms in total. The zero-order chi connectivity index (χ0) is 35.3. The van der Waals surface area contributed by atoms with E-state index in [-0.39, 0.29) is 18.7 Å². The van der Waals surface area contributed by atoms with Crippen molar-refractivity contribution in [1.29, 1.82) is 0 Å². The number of hydrogen-bond acceptors (Lipinski definition) is 6. The van der Waals surface area contributed by atoms with Crippen molar-refractivity contribution in [2.75, 3.05) is 33.8 Å². The number of carboxylic acid groups (broad SMARTS) is 1. The number of benzene rings is 2. The van der Waals surface area contributed by atoms with Crippen LogP contribution in [-0.4, -0.2) is 88.8 Å². The van der Waals surface area contributed by atoms with Crippen molar-refractivity contribution in [3.05, 3.63) is 83.0 Å². The second-order valence-electron chi connectivity index (χ2n) is 14.2. The number of rotatable bonds is 12. The molecule has 0 saturated carbocycles. The van der Waals surface area contributed by atoms with E-state index in [1.165, 1.54) is 15.9 Å². The average Bonchev–Trinajstić information content (AvgIpc) is 3.59. The van der Waals surface area contributed by atoms with Crippen molar-refractivity contribution in [2.45, 2.75) is 90.6 Å². The molecule has 1 N–H and O–H groups in total. The lowest BCUT2D eigenvalue weighted by Crippen LogP contribution is -2.41. The summed E-state index contributed by atoms with van der Waals surface area (Å²) in [6.07, 6.45) is 9.17. The molecule has 3 heterocycles. The van der Waals surface area contributed by atoms with Crippen LogP contribution in [0.25, 0.3) is 16.5 Å². The van der Waals surface area contributed by atoms with Crippen LogP contribution in [0.5, 0.6) is 0 Å². The van der Waals surface area contributed by atoms with Crippen LogP contribution in [0.3, 0.4) is 0 Å². The van der Waals surface area contributed by atoms with E-state index in [1.807, 2.05) is 10.9 Å². The zero-order valence-electron chi connectivity index (χ0n) is 30.1. The Labute approximate surface area is 290 Å². The standard InChI is InChI=1S/C38H51BN4O6/c1-8-31(39-48-37(2,3)38(4,5)49-39)35(29-20-21-32-30(25-29)26-40-43(32)34-15-9-10-24-47-34)28-18-16-27(17-19-28)13-11-22-42(36(45)46)23-12-14-33(44)41(6)7/h12,14,16-21,25-26,34H,8-11,13,15,22-24H2,1-7H3,(H,45,46). The van der Waals surface area contributed by atoms with Crippen LogP contribution in [0.4, 0.5) is 4.79 Å². The van der Waals surface area contributed by atoms with E-state index in [2.05, 4.69) is 77.1 Å². The number of aromatic nitrogens is 2. The number of carbonyl (C=O) groups is 2. The van der Waals surface area contributed by atoms with Crippen LogP contribution in [-0.2, 0) is 25.3 Å². The number of allylic oxidation sites excluding steroid dienone is 1. The number of amides is 2. The van der Waals surface area contributed by atoms with Gasteiger partial charge in [0.1, 0.15) is 0 Å². The molecule has 262 valence electrons. The first kappa shape index (κ1) is 36.4. The van der Waals surface area contributed by atoms with Gasteiger partial charge in [0.05, 0.1) is 22.9 Å². The second kappa shape index (κ2) is 15.3. The quantitative estimate of drug-likeness (QED) is 0.161. The molecule has 0 aliphatic carbocycles. The SMILES string of the molecule is CCC(B1OC(C)(C)C(C)(C)O1)=C(c1ccc(CCCN(CC=CC(=O)N(C)C)C(=O)O)cc1)c1ccc2c(cnn2C2CCCCO2)c1. The van der Waals surface area contributed by atoms with Crippen molar-refractivity contribution in [1.82, 2.24) is 19.6 Å². The Morgan fingerprint density at radius 2 is 1.73 bits per heavy atom. The number of ether oxygens (including phenoxy) is 1. The summed E-state index contributed by atoms with van der Waals surface area (Å²) in [5, 5.41) is 15.5. The van der Waals surface area contributed by atoms with Crippen LogP contribution < -0.4 is 0 Å². The fourth-order valence-electron chi connectivity index (χ4n) is 6.35. The van der Waals surface area contributed by atoms with Crippen molar-refractivity contribution in [2.24, 2.45) is 0 Å². The summed E-state index contributed by atoms with van der Waals surface area (Å²) in [7, 11) is 2.82. The molecule has 0 bridgehead atoms. The molecule has 49 heavy (non-hydrogen) atoms. The molecule has 1 unspecified atom stereocenters. The van der Waals surface area contributed by atoms with E-state index in [0.29, 0.717) is 13.0 Å². The molecule has 2 aliphatic rings. The van der Waals surface area contributed by atoms with E-state index >= 15 is 0 Å². The maximum Gasteiger partial charge on any atom is 0.491 e. The summed E-state index contributed by atoms with van der Waals surface area (Å²) in [6, 6.07) is 15.0. The molecule has 5 rings (SSSR count). The first-order valence-electron chi connectivity index (χ1n) is 17.4. The predicted molar refractivity (Wildman–Crippen MR) is 193 cm³/mol. The van der Waals surface area contributed by atoms with Crippen molar-refractivity contribution < 1.29 is 28.7 Å². The molecule has 2 aliphatic heterocycles. The third kappa shape index (κ3) is 8.28. The minimum atomic E-state index is -1.00. The number of fused-ring (bicyclic) bond motifs is 1. The third-order valence-electron chi connectivity index (χ3n) is 9.99. The van der Waals surface area contributed by atoms with Crippen molar-refractivity contribution in [3.8, 4) is 0 Å². The summed E-state index contributed by atoms with van der Waals surface area (Å²) >= 11 is 0. The Bertz CT molecular complexity index is 1670. The number of nitrogens with zero attached hydrogens (tertiary/aromatic N) is 4. The van der Waals surface area contributed by atoms with Gasteiger partial charge in [-0.25, -0.2) is 9.48 Å². The van der Waals surface area contributed by atoms with Gasteiger partial charge < -0.3 is 29.0 Å². The van der Waals surface area contributed by atoms with Gasteiger partial charge in [0, 0.05) is 45.3 Å². The first-order valence-corrected chi connectivity index (χ1v) is 17.4.